The molecule has 0 aromatic carbocycles. The number of aromatic nitrogens is 1. The molecule has 0 unspecified atom stereocenters. The van der Waals surface area contributed by atoms with Crippen LogP contribution in [-0.4, -0.2) is 40.4 Å². The van der Waals surface area contributed by atoms with Gasteiger partial charge >= 0.3 is 0 Å². The van der Waals surface area contributed by atoms with Crippen molar-refractivity contribution in [3.63, 3.8) is 0 Å². The van der Waals surface area contributed by atoms with E-state index in [1.807, 2.05) is 24.4 Å². The molecule has 1 aromatic rings. The van der Waals surface area contributed by atoms with Gasteiger partial charge in [0.2, 0.25) is 0 Å². The van der Waals surface area contributed by atoms with Crippen molar-refractivity contribution >= 4 is 17.7 Å². The molecule has 1 aliphatic heterocycles. The van der Waals surface area contributed by atoms with Crippen molar-refractivity contribution in [2.45, 2.75) is 82.2 Å². The molecule has 2 heterocycles. The first-order valence-electron chi connectivity index (χ1n) is 11.6. The van der Waals surface area contributed by atoms with E-state index in [-0.39, 0.29) is 5.91 Å². The zero-order chi connectivity index (χ0) is 21.0. The highest BCUT2D eigenvalue weighted by Crippen LogP contribution is 2.37. The van der Waals surface area contributed by atoms with Crippen molar-refractivity contribution < 1.29 is 4.79 Å². The van der Waals surface area contributed by atoms with Gasteiger partial charge in [0.25, 0.3) is 5.91 Å². The first-order chi connectivity index (χ1) is 14.6. The lowest BCUT2D eigenvalue weighted by atomic mass is 9.79. The molecule has 3 aliphatic rings. The lowest BCUT2D eigenvalue weighted by Crippen LogP contribution is -2.41. The number of anilines is 1. The minimum atomic E-state index is -0.807. The molecule has 2 fully saturated rings. The molecule has 162 valence electrons. The van der Waals surface area contributed by atoms with Crippen LogP contribution in [0.3, 0.4) is 0 Å². The summed E-state index contributed by atoms with van der Waals surface area (Å²) in [7, 11) is 1.74. The number of nitrogens with two attached hydrogens (primary N) is 1. The van der Waals surface area contributed by atoms with E-state index in [9.17, 15) is 4.79 Å². The van der Waals surface area contributed by atoms with Crippen molar-refractivity contribution in [3.05, 3.63) is 36.0 Å². The van der Waals surface area contributed by atoms with Crippen LogP contribution in [0.25, 0.3) is 0 Å². The summed E-state index contributed by atoms with van der Waals surface area (Å²) in [5.74, 6) is 2.01. The molecule has 2 atom stereocenters. The van der Waals surface area contributed by atoms with Gasteiger partial charge in [0.15, 0.2) is 11.5 Å². The standard InChI is InChI=1S/C24H35N5O/c1-29-22(30)24(28-23(29)25,14-13-18-8-3-2-4-9-18)17-19-10-7-11-20(16-19)27-21-12-5-6-15-26-21/h5-6,12,15,17-18,20H,2-4,7-11,13-14,16H2,1H3,(H2,25,28)(H,26,27)/b19-17+/t20-,24-/m1/s1. The van der Waals surface area contributed by atoms with Crippen LogP contribution in [0.5, 0.6) is 0 Å². The van der Waals surface area contributed by atoms with Crippen LogP contribution in [-0.2, 0) is 4.79 Å². The molecule has 3 N–H and O–H groups in total. The number of amides is 1. The summed E-state index contributed by atoms with van der Waals surface area (Å²) in [5.41, 5.74) is 6.60. The Morgan fingerprint density at radius 3 is 2.77 bits per heavy atom. The number of guanidine groups is 1. The largest absolute Gasteiger partial charge is 0.369 e. The van der Waals surface area contributed by atoms with Crippen LogP contribution in [0.15, 0.2) is 41.0 Å². The van der Waals surface area contributed by atoms with E-state index in [1.54, 1.807) is 7.05 Å². The predicted molar refractivity (Wildman–Crippen MR) is 121 cm³/mol. The second-order valence-electron chi connectivity index (χ2n) is 9.26. The van der Waals surface area contributed by atoms with Crippen LogP contribution < -0.4 is 11.1 Å². The van der Waals surface area contributed by atoms with E-state index in [0.29, 0.717) is 17.9 Å². The van der Waals surface area contributed by atoms with Gasteiger partial charge in [-0.1, -0.05) is 43.7 Å². The number of nitrogens with zero attached hydrogens (tertiary/aromatic N) is 3. The highest BCUT2D eigenvalue weighted by Gasteiger charge is 2.45. The molecule has 2 saturated carbocycles. The molecule has 0 radical (unpaired) electrons. The molecule has 0 bridgehead atoms. The third-order valence-electron chi connectivity index (χ3n) is 7.01. The van der Waals surface area contributed by atoms with Crippen LogP contribution in [0.4, 0.5) is 5.82 Å². The van der Waals surface area contributed by atoms with Crippen molar-refractivity contribution in [1.82, 2.24) is 9.88 Å². The molecular weight excluding hydrogens is 374 g/mol. The summed E-state index contributed by atoms with van der Waals surface area (Å²) >= 11 is 0. The quantitative estimate of drug-likeness (QED) is 0.688. The van der Waals surface area contributed by atoms with E-state index in [4.69, 9.17) is 10.7 Å². The zero-order valence-corrected chi connectivity index (χ0v) is 18.1. The second kappa shape index (κ2) is 9.19. The maximum absolute atomic E-state index is 13.2. The summed E-state index contributed by atoms with van der Waals surface area (Å²) in [6.45, 7) is 0. The number of pyridine rings is 1. The van der Waals surface area contributed by atoms with E-state index in [1.165, 1.54) is 42.6 Å². The van der Waals surface area contributed by atoms with Crippen molar-refractivity contribution in [2.24, 2.45) is 16.6 Å². The zero-order valence-electron chi connectivity index (χ0n) is 18.1. The Balaban J connectivity index is 1.50. The molecule has 0 saturated heterocycles. The van der Waals surface area contributed by atoms with Crippen LogP contribution in [0.2, 0.25) is 0 Å². The van der Waals surface area contributed by atoms with Crippen molar-refractivity contribution in [2.75, 3.05) is 12.4 Å². The number of hydrogen-bond donors (Lipinski definition) is 2. The van der Waals surface area contributed by atoms with Crippen LogP contribution in [0.1, 0.15) is 70.6 Å². The van der Waals surface area contributed by atoms with Gasteiger partial charge in [0.1, 0.15) is 5.82 Å². The van der Waals surface area contributed by atoms with Gasteiger partial charge in [0, 0.05) is 19.3 Å². The van der Waals surface area contributed by atoms with Gasteiger partial charge in [0.05, 0.1) is 0 Å². The van der Waals surface area contributed by atoms with Gasteiger partial charge in [-0.3, -0.25) is 9.69 Å². The van der Waals surface area contributed by atoms with Crippen molar-refractivity contribution in [1.29, 1.82) is 0 Å². The topological polar surface area (TPSA) is 83.6 Å². The van der Waals surface area contributed by atoms with Gasteiger partial charge in [-0.2, -0.15) is 0 Å². The monoisotopic (exact) mass is 409 g/mol. The van der Waals surface area contributed by atoms with Gasteiger partial charge in [-0.25, -0.2) is 9.98 Å². The number of hydrogen-bond acceptors (Lipinski definition) is 5. The number of carbonyl (C=O) groups is 1. The van der Waals surface area contributed by atoms with Crippen LogP contribution >= 0.6 is 0 Å². The Bertz CT molecular complexity index is 799. The molecule has 4 rings (SSSR count). The lowest BCUT2D eigenvalue weighted by molar-refractivity contribution is -0.129. The number of nitrogens with one attached hydrogen (secondary N) is 1. The third kappa shape index (κ3) is 4.68. The fourth-order valence-electron chi connectivity index (χ4n) is 5.30. The molecule has 6 heteroatoms. The van der Waals surface area contributed by atoms with E-state index < -0.39 is 5.54 Å². The number of aliphatic imine (C=N–C) groups is 1. The average molecular weight is 410 g/mol. The Morgan fingerprint density at radius 1 is 1.23 bits per heavy atom. The van der Waals surface area contributed by atoms with E-state index >= 15 is 0 Å². The van der Waals surface area contributed by atoms with Gasteiger partial charge in [-0.15, -0.1) is 0 Å². The molecule has 1 amide bonds. The SMILES string of the molecule is CN1C(=O)[C@](/C=C2\CCC[C@@H](Nc3ccccn3)C2)(CCC2CCCCC2)N=C1N. The lowest BCUT2D eigenvalue weighted by Gasteiger charge is -2.30. The van der Waals surface area contributed by atoms with Gasteiger partial charge in [-0.05, 0) is 62.7 Å². The van der Waals surface area contributed by atoms with E-state index in [2.05, 4.69) is 16.4 Å². The average Bonchev–Trinajstić information content (AvgIpc) is 2.98. The van der Waals surface area contributed by atoms with E-state index in [0.717, 1.165) is 44.3 Å². The molecule has 2 aliphatic carbocycles. The third-order valence-corrected chi connectivity index (χ3v) is 7.01. The normalized spacial score (nSPS) is 29.3. The summed E-state index contributed by atoms with van der Waals surface area (Å²) in [6, 6.07) is 6.27. The van der Waals surface area contributed by atoms with Gasteiger partial charge < -0.3 is 11.1 Å². The smallest absolute Gasteiger partial charge is 0.261 e. The molecule has 30 heavy (non-hydrogen) atoms. The number of carbonyl (C=O) groups excluding carboxylic acids is 1. The first kappa shape index (κ1) is 20.9. The summed E-state index contributed by atoms with van der Waals surface area (Å²) in [6.07, 6.45) is 16.5. The number of rotatable bonds is 6. The Labute approximate surface area is 180 Å². The Kier molecular flexibility index (Phi) is 6.40. The van der Waals surface area contributed by atoms with Crippen LogP contribution in [0, 0.1) is 5.92 Å². The maximum atomic E-state index is 13.2. The Morgan fingerprint density at radius 2 is 2.07 bits per heavy atom. The molecule has 1 aromatic heterocycles. The minimum absolute atomic E-state index is 0.0307. The van der Waals surface area contributed by atoms with Crippen molar-refractivity contribution in [3.8, 4) is 0 Å². The fourth-order valence-corrected chi connectivity index (χ4v) is 5.30. The molecule has 6 nitrogen and oxygen atoms in total. The summed E-state index contributed by atoms with van der Waals surface area (Å²) in [5, 5.41) is 3.55. The summed E-state index contributed by atoms with van der Waals surface area (Å²) in [4.78, 5) is 23.9. The highest BCUT2D eigenvalue weighted by molar-refractivity contribution is 6.07. The molecule has 0 spiro atoms. The first-order valence-corrected chi connectivity index (χ1v) is 11.6. The second-order valence-corrected chi connectivity index (χ2v) is 9.26. The minimum Gasteiger partial charge on any atom is -0.369 e. The Hall–Kier alpha value is -2.37. The molecular formula is C24H35N5O. The highest BCUT2D eigenvalue weighted by atomic mass is 16.2. The predicted octanol–water partition coefficient (Wildman–Crippen LogP) is 4.25. The maximum Gasteiger partial charge on any atom is 0.261 e. The summed E-state index contributed by atoms with van der Waals surface area (Å²) < 4.78 is 0. The fraction of sp³-hybridized carbons (Fsp3) is 0.625. The number of likely N-dealkylation sites (N-methyl/N-ethyl adjacent to an activating group) is 1.